The Labute approximate surface area is 80.6 Å². The summed E-state index contributed by atoms with van der Waals surface area (Å²) in [6, 6.07) is 5.28. The van der Waals surface area contributed by atoms with Gasteiger partial charge in [-0.2, -0.15) is 0 Å². The van der Waals surface area contributed by atoms with E-state index in [0.29, 0.717) is 12.0 Å². The summed E-state index contributed by atoms with van der Waals surface area (Å²) in [5.41, 5.74) is 2.28. The van der Waals surface area contributed by atoms with Gasteiger partial charge in [0.2, 0.25) is 5.91 Å². The summed E-state index contributed by atoms with van der Waals surface area (Å²) >= 11 is 0. The number of carboxylic acid groups (broad SMARTS) is 1. The third-order valence-corrected chi connectivity index (χ3v) is 2.23. The molecule has 0 aliphatic carbocycles. The van der Waals surface area contributed by atoms with E-state index in [1.54, 1.807) is 18.2 Å². The molecule has 0 saturated carbocycles. The molecule has 0 radical (unpaired) electrons. The zero-order valence-corrected chi connectivity index (χ0v) is 7.41. The van der Waals surface area contributed by atoms with Crippen molar-refractivity contribution in [3.8, 4) is 0 Å². The van der Waals surface area contributed by atoms with Gasteiger partial charge in [-0.15, -0.1) is 0 Å². The molecule has 1 aliphatic heterocycles. The van der Waals surface area contributed by atoms with Crippen LogP contribution in [-0.2, 0) is 22.4 Å². The van der Waals surface area contributed by atoms with E-state index >= 15 is 0 Å². The van der Waals surface area contributed by atoms with E-state index in [0.717, 1.165) is 11.3 Å². The summed E-state index contributed by atoms with van der Waals surface area (Å²) in [6.07, 6.45) is 0.261. The Hall–Kier alpha value is -1.84. The van der Waals surface area contributed by atoms with Crippen LogP contribution in [0.2, 0.25) is 0 Å². The number of carboxylic acids is 1. The second kappa shape index (κ2) is 3.14. The number of rotatable bonds is 2. The van der Waals surface area contributed by atoms with Crippen molar-refractivity contribution >= 4 is 17.6 Å². The topological polar surface area (TPSA) is 66.4 Å². The lowest BCUT2D eigenvalue weighted by atomic mass is 10.0. The second-order valence-corrected chi connectivity index (χ2v) is 3.24. The van der Waals surface area contributed by atoms with Gasteiger partial charge in [0.25, 0.3) is 0 Å². The molecule has 4 heteroatoms. The maximum Gasteiger partial charge on any atom is 0.307 e. The molecule has 4 nitrogen and oxygen atoms in total. The van der Waals surface area contributed by atoms with E-state index in [2.05, 4.69) is 5.32 Å². The number of hydrogen-bond donors (Lipinski definition) is 2. The van der Waals surface area contributed by atoms with E-state index in [4.69, 9.17) is 5.11 Å². The Morgan fingerprint density at radius 3 is 3.00 bits per heavy atom. The van der Waals surface area contributed by atoms with E-state index in [1.165, 1.54) is 0 Å². The van der Waals surface area contributed by atoms with Gasteiger partial charge in [-0.05, 0) is 17.2 Å². The number of hydrogen-bond acceptors (Lipinski definition) is 2. The highest BCUT2D eigenvalue weighted by Gasteiger charge is 2.20. The van der Waals surface area contributed by atoms with Crippen LogP contribution in [0, 0.1) is 0 Å². The van der Waals surface area contributed by atoms with Crippen molar-refractivity contribution in [1.82, 2.24) is 0 Å². The first-order valence-corrected chi connectivity index (χ1v) is 4.29. The van der Waals surface area contributed by atoms with E-state index in [1.807, 2.05) is 0 Å². The van der Waals surface area contributed by atoms with Crippen LogP contribution in [0.4, 0.5) is 5.69 Å². The number of anilines is 1. The van der Waals surface area contributed by atoms with Gasteiger partial charge in [0.1, 0.15) is 0 Å². The third-order valence-electron chi connectivity index (χ3n) is 2.23. The molecule has 0 atom stereocenters. The van der Waals surface area contributed by atoms with Gasteiger partial charge in [0, 0.05) is 5.69 Å². The number of benzene rings is 1. The van der Waals surface area contributed by atoms with Crippen LogP contribution >= 0.6 is 0 Å². The van der Waals surface area contributed by atoms with Crippen LogP contribution in [0.3, 0.4) is 0 Å². The molecule has 0 bridgehead atoms. The molecule has 1 heterocycles. The Bertz CT molecular complexity index is 412. The first-order chi connectivity index (χ1) is 6.66. The minimum atomic E-state index is -0.877. The normalized spacial score (nSPS) is 13.6. The first-order valence-electron chi connectivity index (χ1n) is 4.29. The summed E-state index contributed by atoms with van der Waals surface area (Å²) in [7, 11) is 0. The highest BCUT2D eigenvalue weighted by atomic mass is 16.4. The number of nitrogens with one attached hydrogen (secondary N) is 1. The van der Waals surface area contributed by atoms with Crippen LogP contribution in [0.5, 0.6) is 0 Å². The van der Waals surface area contributed by atoms with Crippen molar-refractivity contribution in [1.29, 1.82) is 0 Å². The van der Waals surface area contributed by atoms with Gasteiger partial charge >= 0.3 is 5.97 Å². The molecule has 2 rings (SSSR count). The van der Waals surface area contributed by atoms with Gasteiger partial charge in [-0.3, -0.25) is 9.59 Å². The fraction of sp³-hybridized carbons (Fsp3) is 0.200. The summed E-state index contributed by atoms with van der Waals surface area (Å²) in [4.78, 5) is 21.6. The van der Waals surface area contributed by atoms with Crippen molar-refractivity contribution < 1.29 is 14.7 Å². The standard InChI is InChI=1S/C10H9NO3/c12-9-5-7-6(4-10(13)14)2-1-3-8(7)11-9/h1-3H,4-5H2,(H,11,12)(H,13,14). The fourth-order valence-corrected chi connectivity index (χ4v) is 1.64. The average molecular weight is 191 g/mol. The molecule has 2 N–H and O–H groups in total. The SMILES string of the molecule is O=C(O)Cc1cccc2c1CC(=O)N2. The minimum Gasteiger partial charge on any atom is -0.481 e. The van der Waals surface area contributed by atoms with Crippen LogP contribution in [0.15, 0.2) is 18.2 Å². The Morgan fingerprint density at radius 2 is 2.29 bits per heavy atom. The largest absolute Gasteiger partial charge is 0.481 e. The molecule has 1 amide bonds. The van der Waals surface area contributed by atoms with Crippen molar-refractivity contribution in [3.05, 3.63) is 29.3 Å². The number of carbonyl (C=O) groups excluding carboxylic acids is 1. The number of amides is 1. The van der Waals surface area contributed by atoms with Gasteiger partial charge in [0.05, 0.1) is 12.8 Å². The maximum atomic E-state index is 11.1. The first kappa shape index (κ1) is 8.74. The molecule has 72 valence electrons. The van der Waals surface area contributed by atoms with Crippen molar-refractivity contribution in [2.45, 2.75) is 12.8 Å². The van der Waals surface area contributed by atoms with E-state index < -0.39 is 5.97 Å². The molecule has 14 heavy (non-hydrogen) atoms. The van der Waals surface area contributed by atoms with Crippen molar-refractivity contribution in [2.75, 3.05) is 5.32 Å². The van der Waals surface area contributed by atoms with Gasteiger partial charge < -0.3 is 10.4 Å². The molecule has 0 spiro atoms. The van der Waals surface area contributed by atoms with E-state index in [-0.39, 0.29) is 12.3 Å². The van der Waals surface area contributed by atoms with Gasteiger partial charge in [-0.1, -0.05) is 12.1 Å². The number of carbonyl (C=O) groups is 2. The third kappa shape index (κ3) is 1.46. The number of aliphatic carboxylic acids is 1. The maximum absolute atomic E-state index is 11.1. The predicted molar refractivity (Wildman–Crippen MR) is 50.1 cm³/mol. The quantitative estimate of drug-likeness (QED) is 0.726. The summed E-state index contributed by atoms with van der Waals surface area (Å²) in [5, 5.41) is 11.3. The molecule has 0 aromatic heterocycles. The lowest BCUT2D eigenvalue weighted by molar-refractivity contribution is -0.136. The number of fused-ring (bicyclic) bond motifs is 1. The van der Waals surface area contributed by atoms with Gasteiger partial charge in [0.15, 0.2) is 0 Å². The second-order valence-electron chi connectivity index (χ2n) is 3.24. The molecular weight excluding hydrogens is 182 g/mol. The van der Waals surface area contributed by atoms with Crippen LogP contribution in [0.25, 0.3) is 0 Å². The lowest BCUT2D eigenvalue weighted by Crippen LogP contribution is -2.04. The highest BCUT2D eigenvalue weighted by Crippen LogP contribution is 2.26. The van der Waals surface area contributed by atoms with Crippen molar-refractivity contribution in [2.24, 2.45) is 0 Å². The summed E-state index contributed by atoms with van der Waals surface area (Å²) in [6.45, 7) is 0. The van der Waals surface area contributed by atoms with Crippen molar-refractivity contribution in [3.63, 3.8) is 0 Å². The van der Waals surface area contributed by atoms with Crippen LogP contribution in [-0.4, -0.2) is 17.0 Å². The summed E-state index contributed by atoms with van der Waals surface area (Å²) in [5.74, 6) is -0.949. The lowest BCUT2D eigenvalue weighted by Gasteiger charge is -2.03. The molecule has 1 aromatic rings. The summed E-state index contributed by atoms with van der Waals surface area (Å²) < 4.78 is 0. The Morgan fingerprint density at radius 1 is 1.50 bits per heavy atom. The van der Waals surface area contributed by atoms with Crippen LogP contribution in [0.1, 0.15) is 11.1 Å². The highest BCUT2D eigenvalue weighted by molar-refractivity contribution is 5.99. The van der Waals surface area contributed by atoms with Gasteiger partial charge in [-0.25, -0.2) is 0 Å². The molecule has 0 fully saturated rings. The minimum absolute atomic E-state index is 0.0296. The smallest absolute Gasteiger partial charge is 0.307 e. The van der Waals surface area contributed by atoms with Crippen LogP contribution < -0.4 is 5.32 Å². The zero-order valence-electron chi connectivity index (χ0n) is 7.41. The molecule has 0 unspecified atom stereocenters. The predicted octanol–water partition coefficient (Wildman–Crippen LogP) is 0.808. The van der Waals surface area contributed by atoms with E-state index in [9.17, 15) is 9.59 Å². The monoisotopic (exact) mass is 191 g/mol. The molecular formula is C10H9NO3. The fourth-order valence-electron chi connectivity index (χ4n) is 1.64. The average Bonchev–Trinajstić information content (AvgIpc) is 2.45. The zero-order chi connectivity index (χ0) is 10.1. The molecule has 0 saturated heterocycles. The Balaban J connectivity index is 2.39. The molecule has 1 aliphatic rings. The Kier molecular flexibility index (Phi) is 1.96. The molecule has 1 aromatic carbocycles.